The number of imidazole rings is 1. The zero-order chi connectivity index (χ0) is 23.0. The van der Waals surface area contributed by atoms with Gasteiger partial charge in [-0.1, -0.05) is 44.9 Å². The number of rotatable bonds is 6. The third-order valence-corrected chi connectivity index (χ3v) is 6.62. The number of carbonyl (C=O) groups excluding carboxylic acids is 1. The molecular weight excluding hydrogens is 435 g/mol. The van der Waals surface area contributed by atoms with E-state index in [1.54, 1.807) is 23.4 Å². The second kappa shape index (κ2) is 8.73. The summed E-state index contributed by atoms with van der Waals surface area (Å²) in [5.74, 6) is -0.512. The van der Waals surface area contributed by atoms with E-state index < -0.39 is 23.5 Å². The molecule has 1 unspecified atom stereocenters. The lowest BCUT2D eigenvalue weighted by Gasteiger charge is -2.25. The fourth-order valence-electron chi connectivity index (χ4n) is 4.17. The zero-order valence-electron chi connectivity index (χ0n) is 18.2. The predicted octanol–water partition coefficient (Wildman–Crippen LogP) is 6.70. The Kier molecular flexibility index (Phi) is 6.16. The molecule has 0 amide bonds. The number of fused-ring (bicyclic) bond motifs is 2. The van der Waals surface area contributed by atoms with E-state index in [2.05, 4.69) is 4.98 Å². The number of ketones is 1. The quantitative estimate of drug-likeness (QED) is 0.385. The lowest BCUT2D eigenvalue weighted by molar-refractivity contribution is -0.0970. The molecule has 8 heteroatoms. The minimum Gasteiger partial charge on any atom is -0.323 e. The Hall–Kier alpha value is -2.61. The van der Waals surface area contributed by atoms with Gasteiger partial charge in [0.05, 0.1) is 17.1 Å². The second-order valence-electron chi connectivity index (χ2n) is 7.85. The molecule has 0 bridgehead atoms. The van der Waals surface area contributed by atoms with Crippen LogP contribution < -0.4 is 0 Å². The molecule has 1 aliphatic carbocycles. The van der Waals surface area contributed by atoms with E-state index in [9.17, 15) is 18.0 Å². The minimum absolute atomic E-state index is 0.0648. The second-order valence-corrected chi connectivity index (χ2v) is 9.15. The van der Waals surface area contributed by atoms with Crippen molar-refractivity contribution in [3.63, 3.8) is 0 Å². The van der Waals surface area contributed by atoms with Crippen LogP contribution in [0.1, 0.15) is 49.3 Å². The number of nitrogens with zero attached hydrogens (tertiary/aromatic N) is 3. The third kappa shape index (κ3) is 3.96. The van der Waals surface area contributed by atoms with E-state index in [1.807, 2.05) is 44.2 Å². The number of hydrogen-bond acceptors (Lipinski definition) is 4. The van der Waals surface area contributed by atoms with E-state index >= 15 is 0 Å². The molecule has 3 aromatic rings. The van der Waals surface area contributed by atoms with Gasteiger partial charge in [0.25, 0.3) is 0 Å². The molecule has 1 aliphatic rings. The summed E-state index contributed by atoms with van der Waals surface area (Å²) < 4.78 is 43.0. The van der Waals surface area contributed by atoms with Crippen molar-refractivity contribution in [3.05, 3.63) is 47.3 Å². The highest BCUT2D eigenvalue weighted by molar-refractivity contribution is 7.99. The van der Waals surface area contributed by atoms with Gasteiger partial charge in [-0.25, -0.2) is 9.97 Å². The van der Waals surface area contributed by atoms with E-state index in [1.165, 1.54) is 0 Å². The Morgan fingerprint density at radius 3 is 2.59 bits per heavy atom. The van der Waals surface area contributed by atoms with Crippen LogP contribution in [0.5, 0.6) is 0 Å². The Bertz CT molecular complexity index is 1210. The maximum Gasteiger partial charge on any atom is 0.413 e. The van der Waals surface area contributed by atoms with Gasteiger partial charge in [0, 0.05) is 22.9 Å². The number of para-hydroxylation sites is 1. The highest BCUT2D eigenvalue weighted by Crippen LogP contribution is 2.42. The average molecular weight is 460 g/mol. The number of unbranched alkanes of at least 4 members (excludes halogenated alkanes) is 1. The molecule has 0 N–H and O–H groups in total. The molecule has 1 aromatic carbocycles. The molecule has 32 heavy (non-hydrogen) atoms. The average Bonchev–Trinajstić information content (AvgIpc) is 3.08. The summed E-state index contributed by atoms with van der Waals surface area (Å²) >= 11 is 1.59. The largest absolute Gasteiger partial charge is 0.413 e. The van der Waals surface area contributed by atoms with Gasteiger partial charge in [-0.3, -0.25) is 4.79 Å². The highest BCUT2D eigenvalue weighted by Gasteiger charge is 2.45. The molecule has 0 saturated heterocycles. The van der Waals surface area contributed by atoms with Crippen LogP contribution in [-0.2, 0) is 7.05 Å². The molecule has 0 radical (unpaired) electrons. The summed E-state index contributed by atoms with van der Waals surface area (Å²) in [6.45, 7) is 3.92. The van der Waals surface area contributed by atoms with Gasteiger partial charge in [-0.2, -0.15) is 13.2 Å². The van der Waals surface area contributed by atoms with Gasteiger partial charge in [0.1, 0.15) is 11.4 Å². The molecule has 168 valence electrons. The Labute approximate surface area is 188 Å². The fourth-order valence-corrected chi connectivity index (χ4v) is 4.97. The summed E-state index contributed by atoms with van der Waals surface area (Å²) in [5.41, 5.74) is 0.823. The van der Waals surface area contributed by atoms with Gasteiger partial charge >= 0.3 is 6.18 Å². The summed E-state index contributed by atoms with van der Waals surface area (Å²) in [6, 6.07) is 9.69. The molecule has 0 fully saturated rings. The Morgan fingerprint density at radius 1 is 1.16 bits per heavy atom. The van der Waals surface area contributed by atoms with Crippen molar-refractivity contribution in [2.75, 3.05) is 5.75 Å². The number of Topliss-reactive ketones (excluding diaryl/α,β-unsaturated/α-hetero) is 1. The first-order valence-electron chi connectivity index (χ1n) is 10.7. The van der Waals surface area contributed by atoms with Crippen molar-refractivity contribution < 1.29 is 18.0 Å². The number of benzene rings is 1. The van der Waals surface area contributed by atoms with Crippen LogP contribution in [0.2, 0.25) is 0 Å². The monoisotopic (exact) mass is 459 g/mol. The van der Waals surface area contributed by atoms with Crippen LogP contribution in [0.15, 0.2) is 40.8 Å². The van der Waals surface area contributed by atoms with Crippen LogP contribution in [0, 0.1) is 5.92 Å². The standard InChI is InChI=1S/C24H24F3N3OS/c1-4-6-10-15-16(24(25,26)27)13-18-21(22(15)31)30(3)23(29-18)20-19(32-5-2)12-14-9-7-8-11-17(14)28-20/h7-9,11-13,15H,4-6,10H2,1-3H3. The van der Waals surface area contributed by atoms with Crippen molar-refractivity contribution in [1.29, 1.82) is 0 Å². The number of thioether (sulfide) groups is 1. The number of allylic oxidation sites excluding steroid dienone is 1. The first kappa shape index (κ1) is 22.6. The Morgan fingerprint density at radius 2 is 1.91 bits per heavy atom. The first-order valence-corrected chi connectivity index (χ1v) is 11.7. The first-order chi connectivity index (χ1) is 15.3. The normalized spacial score (nSPS) is 16.4. The van der Waals surface area contributed by atoms with Crippen LogP contribution in [-0.4, -0.2) is 32.2 Å². The van der Waals surface area contributed by atoms with Gasteiger partial charge < -0.3 is 4.57 Å². The van der Waals surface area contributed by atoms with Crippen LogP contribution >= 0.6 is 11.8 Å². The number of carbonyl (C=O) groups is 1. The molecule has 2 heterocycles. The molecule has 2 aromatic heterocycles. The molecule has 4 rings (SSSR count). The van der Waals surface area contributed by atoms with Crippen molar-refractivity contribution in [2.45, 2.75) is 44.2 Å². The van der Waals surface area contributed by atoms with Crippen molar-refractivity contribution in [1.82, 2.24) is 14.5 Å². The predicted molar refractivity (Wildman–Crippen MR) is 122 cm³/mol. The minimum atomic E-state index is -4.58. The SMILES string of the molecule is CCCCC1C(=O)c2c(nc(-c3nc4ccccc4cc3SCC)n2C)C=C1C(F)(F)F. The molecule has 1 atom stereocenters. The van der Waals surface area contributed by atoms with Gasteiger partial charge in [0.15, 0.2) is 11.6 Å². The van der Waals surface area contributed by atoms with Crippen LogP contribution in [0.3, 0.4) is 0 Å². The van der Waals surface area contributed by atoms with Gasteiger partial charge in [-0.15, -0.1) is 11.8 Å². The fraction of sp³-hybridized carbons (Fsp3) is 0.375. The maximum atomic E-state index is 13.8. The number of alkyl halides is 3. The Balaban J connectivity index is 1.90. The topological polar surface area (TPSA) is 47.8 Å². The number of hydrogen-bond donors (Lipinski definition) is 0. The summed E-state index contributed by atoms with van der Waals surface area (Å²) in [7, 11) is 1.68. The summed E-state index contributed by atoms with van der Waals surface area (Å²) in [5, 5.41) is 0.973. The van der Waals surface area contributed by atoms with Crippen molar-refractivity contribution >= 4 is 34.5 Å². The van der Waals surface area contributed by atoms with E-state index in [0.29, 0.717) is 17.9 Å². The van der Waals surface area contributed by atoms with E-state index in [-0.39, 0.29) is 17.8 Å². The molecule has 0 spiro atoms. The van der Waals surface area contributed by atoms with Crippen molar-refractivity contribution in [2.24, 2.45) is 13.0 Å². The van der Waals surface area contributed by atoms with E-state index in [4.69, 9.17) is 4.98 Å². The van der Waals surface area contributed by atoms with Crippen molar-refractivity contribution in [3.8, 4) is 11.5 Å². The molecule has 0 saturated carbocycles. The number of aromatic nitrogens is 3. The molecule has 4 nitrogen and oxygen atoms in total. The number of pyridine rings is 1. The lowest BCUT2D eigenvalue weighted by atomic mass is 9.83. The van der Waals surface area contributed by atoms with E-state index in [0.717, 1.165) is 34.0 Å². The highest BCUT2D eigenvalue weighted by atomic mass is 32.2. The maximum absolute atomic E-state index is 13.8. The zero-order valence-corrected chi connectivity index (χ0v) is 19.0. The van der Waals surface area contributed by atoms with Gasteiger partial charge in [0.2, 0.25) is 0 Å². The molecular formula is C24H24F3N3OS. The summed E-state index contributed by atoms with van der Waals surface area (Å²) in [4.78, 5) is 23.4. The smallest absolute Gasteiger partial charge is 0.323 e. The third-order valence-electron chi connectivity index (χ3n) is 5.71. The molecule has 0 aliphatic heterocycles. The lowest BCUT2D eigenvalue weighted by Crippen LogP contribution is -2.30. The number of halogens is 3. The van der Waals surface area contributed by atoms with Crippen LogP contribution in [0.4, 0.5) is 13.2 Å². The summed E-state index contributed by atoms with van der Waals surface area (Å²) in [6.07, 6.45) is -2.09. The van der Waals surface area contributed by atoms with Gasteiger partial charge in [-0.05, 0) is 30.4 Å². The van der Waals surface area contributed by atoms with Crippen LogP contribution in [0.25, 0.3) is 28.5 Å².